The van der Waals surface area contributed by atoms with Crippen molar-refractivity contribution < 1.29 is 14.7 Å². The SMILES string of the molecule is CC1(C)[C@H]2CC[C@@H](CNC(=O)CC3CCN(c4ccc(C(=O)O)cc4Br)CC3)[C@@H]1C2. The maximum Gasteiger partial charge on any atom is 0.335 e. The zero-order chi connectivity index (χ0) is 21.5. The van der Waals surface area contributed by atoms with Gasteiger partial charge in [0.15, 0.2) is 0 Å². The number of carboxylic acids is 1. The minimum Gasteiger partial charge on any atom is -0.478 e. The second-order valence-electron chi connectivity index (χ2n) is 10.1. The topological polar surface area (TPSA) is 69.6 Å². The molecule has 164 valence electrons. The van der Waals surface area contributed by atoms with E-state index in [0.717, 1.165) is 54.5 Å². The van der Waals surface area contributed by atoms with Crippen LogP contribution in [0.15, 0.2) is 22.7 Å². The number of fused-ring (bicyclic) bond motifs is 2. The molecule has 0 aromatic heterocycles. The molecule has 4 aliphatic rings. The van der Waals surface area contributed by atoms with Gasteiger partial charge in [0.25, 0.3) is 0 Å². The van der Waals surface area contributed by atoms with E-state index in [9.17, 15) is 9.59 Å². The van der Waals surface area contributed by atoms with E-state index in [-0.39, 0.29) is 11.5 Å². The third-order valence-electron chi connectivity index (χ3n) is 8.19. The molecular formula is C24H33BrN2O3. The van der Waals surface area contributed by atoms with Gasteiger partial charge in [-0.3, -0.25) is 4.79 Å². The number of rotatable bonds is 6. The first-order chi connectivity index (χ1) is 14.3. The van der Waals surface area contributed by atoms with Crippen molar-refractivity contribution >= 4 is 33.5 Å². The Labute approximate surface area is 187 Å². The van der Waals surface area contributed by atoms with Crippen molar-refractivity contribution in [3.05, 3.63) is 28.2 Å². The van der Waals surface area contributed by atoms with Crippen LogP contribution >= 0.6 is 15.9 Å². The highest BCUT2D eigenvalue weighted by molar-refractivity contribution is 9.10. The number of carbonyl (C=O) groups is 2. The molecule has 2 bridgehead atoms. The van der Waals surface area contributed by atoms with Crippen molar-refractivity contribution in [3.63, 3.8) is 0 Å². The number of anilines is 1. The average Bonchev–Trinajstić information content (AvgIpc) is 2.73. The molecule has 3 atom stereocenters. The van der Waals surface area contributed by atoms with Gasteiger partial charge in [-0.2, -0.15) is 0 Å². The Morgan fingerprint density at radius 1 is 1.20 bits per heavy atom. The van der Waals surface area contributed by atoms with Crippen molar-refractivity contribution in [3.8, 4) is 0 Å². The Morgan fingerprint density at radius 3 is 2.53 bits per heavy atom. The normalized spacial score (nSPS) is 28.0. The molecule has 1 aromatic carbocycles. The first-order valence-corrected chi connectivity index (χ1v) is 12.1. The summed E-state index contributed by atoms with van der Waals surface area (Å²) in [5.74, 6) is 2.06. The molecular weight excluding hydrogens is 444 g/mol. The zero-order valence-corrected chi connectivity index (χ0v) is 19.6. The molecule has 4 fully saturated rings. The predicted octanol–water partition coefficient (Wildman–Crippen LogP) is 4.94. The van der Waals surface area contributed by atoms with E-state index in [4.69, 9.17) is 5.11 Å². The Hall–Kier alpha value is -1.56. The minimum atomic E-state index is -0.916. The quantitative estimate of drug-likeness (QED) is 0.609. The highest BCUT2D eigenvalue weighted by Gasteiger charge is 2.53. The van der Waals surface area contributed by atoms with Gasteiger partial charge >= 0.3 is 5.97 Å². The number of nitrogens with one attached hydrogen (secondary N) is 1. The zero-order valence-electron chi connectivity index (χ0n) is 18.0. The standard InChI is InChI=1S/C24H33BrN2O3/c1-24(2)18-5-3-17(19(24)13-18)14-26-22(28)11-15-7-9-27(10-8-15)21-6-4-16(23(29)30)12-20(21)25/h4,6,12,15,17-19H,3,5,7-11,13-14H2,1-2H3,(H,26,28)(H,29,30)/t17-,18-,19-/m0/s1. The molecule has 0 unspecified atom stereocenters. The molecule has 6 heteroatoms. The molecule has 1 aliphatic heterocycles. The van der Waals surface area contributed by atoms with Gasteiger partial charge < -0.3 is 15.3 Å². The van der Waals surface area contributed by atoms with Crippen LogP contribution in [-0.2, 0) is 4.79 Å². The van der Waals surface area contributed by atoms with Crippen molar-refractivity contribution in [1.29, 1.82) is 0 Å². The summed E-state index contributed by atoms with van der Waals surface area (Å²) in [4.78, 5) is 26.0. The summed E-state index contributed by atoms with van der Waals surface area (Å²) in [5, 5.41) is 12.4. The average molecular weight is 477 g/mol. The van der Waals surface area contributed by atoms with Crippen LogP contribution in [-0.4, -0.2) is 36.6 Å². The predicted molar refractivity (Wildman–Crippen MR) is 122 cm³/mol. The second kappa shape index (κ2) is 8.52. The van der Waals surface area contributed by atoms with Gasteiger partial charge in [-0.25, -0.2) is 4.79 Å². The molecule has 5 rings (SSSR count). The summed E-state index contributed by atoms with van der Waals surface area (Å²) in [6.45, 7) is 7.44. The third-order valence-corrected chi connectivity index (χ3v) is 8.82. The first kappa shape index (κ1) is 21.7. The van der Waals surface area contributed by atoms with Gasteiger partial charge in [-0.05, 0) is 95.3 Å². The molecule has 30 heavy (non-hydrogen) atoms. The molecule has 5 nitrogen and oxygen atoms in total. The van der Waals surface area contributed by atoms with Crippen molar-refractivity contribution in [2.45, 2.75) is 52.4 Å². The van der Waals surface area contributed by atoms with Crippen LogP contribution in [0, 0.1) is 29.1 Å². The monoisotopic (exact) mass is 476 g/mol. The molecule has 0 spiro atoms. The van der Waals surface area contributed by atoms with E-state index in [1.807, 2.05) is 6.07 Å². The second-order valence-corrected chi connectivity index (χ2v) is 11.0. The molecule has 1 heterocycles. The van der Waals surface area contributed by atoms with E-state index < -0.39 is 5.97 Å². The van der Waals surface area contributed by atoms with E-state index in [1.54, 1.807) is 12.1 Å². The van der Waals surface area contributed by atoms with Crippen LogP contribution in [0.25, 0.3) is 0 Å². The Bertz CT molecular complexity index is 815. The summed E-state index contributed by atoms with van der Waals surface area (Å²) in [5.41, 5.74) is 1.79. The molecule has 1 aromatic rings. The third kappa shape index (κ3) is 4.25. The lowest BCUT2D eigenvalue weighted by Crippen LogP contribution is -2.54. The van der Waals surface area contributed by atoms with Crippen LogP contribution in [0.2, 0.25) is 0 Å². The van der Waals surface area contributed by atoms with E-state index in [0.29, 0.717) is 23.7 Å². The molecule has 0 radical (unpaired) electrons. The lowest BCUT2D eigenvalue weighted by Gasteiger charge is -2.60. The largest absolute Gasteiger partial charge is 0.478 e. The van der Waals surface area contributed by atoms with Crippen LogP contribution in [0.5, 0.6) is 0 Å². The van der Waals surface area contributed by atoms with Gasteiger partial charge in [-0.15, -0.1) is 0 Å². The number of amides is 1. The van der Waals surface area contributed by atoms with Crippen LogP contribution in [0.1, 0.15) is 62.7 Å². The summed E-state index contributed by atoms with van der Waals surface area (Å²) in [7, 11) is 0. The first-order valence-electron chi connectivity index (χ1n) is 11.3. The van der Waals surface area contributed by atoms with Gasteiger partial charge in [0.2, 0.25) is 5.91 Å². The Morgan fingerprint density at radius 2 is 1.93 bits per heavy atom. The van der Waals surface area contributed by atoms with Crippen molar-refractivity contribution in [2.24, 2.45) is 29.1 Å². The fraction of sp³-hybridized carbons (Fsp3) is 0.667. The van der Waals surface area contributed by atoms with Crippen LogP contribution in [0.4, 0.5) is 5.69 Å². The molecule has 3 aliphatic carbocycles. The van der Waals surface area contributed by atoms with E-state index in [2.05, 4.69) is 40.0 Å². The van der Waals surface area contributed by atoms with Gasteiger partial charge in [0.05, 0.1) is 11.3 Å². The highest BCUT2D eigenvalue weighted by Crippen LogP contribution is 2.61. The van der Waals surface area contributed by atoms with Gasteiger partial charge in [0, 0.05) is 30.5 Å². The van der Waals surface area contributed by atoms with E-state index >= 15 is 0 Å². The number of hydrogen-bond acceptors (Lipinski definition) is 3. The number of nitrogens with zero attached hydrogens (tertiary/aromatic N) is 1. The number of benzene rings is 1. The number of halogens is 1. The number of carbonyl (C=O) groups excluding carboxylic acids is 1. The number of piperidine rings is 1. The van der Waals surface area contributed by atoms with E-state index in [1.165, 1.54) is 19.3 Å². The number of hydrogen-bond donors (Lipinski definition) is 2. The molecule has 1 amide bonds. The summed E-state index contributed by atoms with van der Waals surface area (Å²) < 4.78 is 0.812. The van der Waals surface area contributed by atoms with Gasteiger partial charge in [0.1, 0.15) is 0 Å². The van der Waals surface area contributed by atoms with Crippen molar-refractivity contribution in [1.82, 2.24) is 5.32 Å². The van der Waals surface area contributed by atoms with Crippen LogP contribution < -0.4 is 10.2 Å². The molecule has 2 N–H and O–H groups in total. The molecule has 3 saturated carbocycles. The Kier molecular flexibility index (Phi) is 6.16. The lowest BCUT2D eigenvalue weighted by molar-refractivity contribution is -0.125. The summed E-state index contributed by atoms with van der Waals surface area (Å²) in [6, 6.07) is 5.18. The Balaban J connectivity index is 1.22. The lowest BCUT2D eigenvalue weighted by atomic mass is 9.45. The maximum absolute atomic E-state index is 12.6. The molecule has 1 saturated heterocycles. The number of aromatic carboxylic acids is 1. The fourth-order valence-electron chi connectivity index (χ4n) is 6.06. The minimum absolute atomic E-state index is 0.208. The number of carboxylic acid groups (broad SMARTS) is 1. The fourth-order valence-corrected chi connectivity index (χ4v) is 6.69. The smallest absolute Gasteiger partial charge is 0.335 e. The van der Waals surface area contributed by atoms with Gasteiger partial charge in [-0.1, -0.05) is 13.8 Å². The van der Waals surface area contributed by atoms with Crippen molar-refractivity contribution in [2.75, 3.05) is 24.5 Å². The highest BCUT2D eigenvalue weighted by atomic mass is 79.9. The maximum atomic E-state index is 12.6. The summed E-state index contributed by atoms with van der Waals surface area (Å²) in [6.07, 6.45) is 6.55. The van der Waals surface area contributed by atoms with Crippen LogP contribution in [0.3, 0.4) is 0 Å². The summed E-state index contributed by atoms with van der Waals surface area (Å²) >= 11 is 3.51.